The van der Waals surface area contributed by atoms with Gasteiger partial charge in [0, 0.05) is 12.2 Å². The highest BCUT2D eigenvalue weighted by Crippen LogP contribution is 2.26. The van der Waals surface area contributed by atoms with Gasteiger partial charge in [-0.2, -0.15) is 4.68 Å². The number of rotatable bonds is 3. The first kappa shape index (κ1) is 19.1. The summed E-state index contributed by atoms with van der Waals surface area (Å²) in [7, 11) is 0. The van der Waals surface area contributed by atoms with Crippen molar-refractivity contribution in [2.45, 2.75) is 20.8 Å². The molecule has 0 N–H and O–H groups in total. The number of hydrogen-bond donors (Lipinski definition) is 0. The van der Waals surface area contributed by atoms with Crippen LogP contribution >= 0.6 is 23.2 Å². The van der Waals surface area contributed by atoms with E-state index < -0.39 is 11.7 Å². The van der Waals surface area contributed by atoms with Crippen LogP contribution in [0.25, 0.3) is 5.69 Å². The maximum Gasteiger partial charge on any atom is 0.377 e. The van der Waals surface area contributed by atoms with Gasteiger partial charge >= 0.3 is 11.7 Å². The fourth-order valence-corrected chi connectivity index (χ4v) is 3.31. The molecule has 0 saturated carbocycles. The molecule has 0 aliphatic carbocycles. The van der Waals surface area contributed by atoms with E-state index in [1.807, 2.05) is 39.0 Å². The maximum absolute atomic E-state index is 13.0. The summed E-state index contributed by atoms with van der Waals surface area (Å²) < 4.78 is 1.62. The Balaban J connectivity index is 2.07. The van der Waals surface area contributed by atoms with Crippen molar-refractivity contribution in [3.63, 3.8) is 0 Å². The van der Waals surface area contributed by atoms with Gasteiger partial charge in [-0.3, -0.25) is 4.90 Å². The fraction of sp³-hybridized carbons (Fsp3) is 0.222. The number of nitrogens with zero attached hydrogens (tertiary/aromatic N) is 5. The zero-order valence-corrected chi connectivity index (χ0v) is 16.5. The highest BCUT2D eigenvalue weighted by Gasteiger charge is 2.24. The Bertz CT molecular complexity index is 1050. The monoisotopic (exact) mass is 405 g/mol. The van der Waals surface area contributed by atoms with Gasteiger partial charge < -0.3 is 0 Å². The van der Waals surface area contributed by atoms with Gasteiger partial charge in [-0.05, 0) is 60.5 Å². The Hall–Kier alpha value is -2.64. The molecular formula is C18H17Cl2N5O2. The number of benzene rings is 2. The summed E-state index contributed by atoms with van der Waals surface area (Å²) in [5, 5.41) is 7.96. The van der Waals surface area contributed by atoms with Gasteiger partial charge in [0.15, 0.2) is 0 Å². The van der Waals surface area contributed by atoms with Gasteiger partial charge in [-0.15, -0.1) is 4.68 Å². The number of carbonyl (C=O) groups is 1. The standard InChI is InChI=1S/C18H17Cl2N5O2/c1-4-23(15-10-5-7-11(2)12(15)3)17(26)25-18(27)24(21-22-25)16-13(19)8-6-9-14(16)20/h5-10H,4H2,1-3H3. The molecule has 140 valence electrons. The number of carbonyl (C=O) groups excluding carboxylic acids is 1. The molecule has 0 fully saturated rings. The van der Waals surface area contributed by atoms with Crippen LogP contribution in [0.5, 0.6) is 0 Å². The SMILES string of the molecule is CCN(C(=O)n1nnn(-c2c(Cl)cccc2Cl)c1=O)c1cccc(C)c1C. The van der Waals surface area contributed by atoms with Crippen molar-refractivity contribution in [1.82, 2.24) is 19.8 Å². The van der Waals surface area contributed by atoms with E-state index in [1.54, 1.807) is 18.2 Å². The van der Waals surface area contributed by atoms with Gasteiger partial charge in [-0.1, -0.05) is 41.4 Å². The lowest BCUT2D eigenvalue weighted by Gasteiger charge is -2.22. The summed E-state index contributed by atoms with van der Waals surface area (Å²) in [5.41, 5.74) is 2.12. The number of amides is 1. The smallest absolute Gasteiger partial charge is 0.292 e. The van der Waals surface area contributed by atoms with E-state index in [4.69, 9.17) is 23.2 Å². The van der Waals surface area contributed by atoms with E-state index >= 15 is 0 Å². The lowest BCUT2D eigenvalue weighted by atomic mass is 10.1. The molecule has 1 heterocycles. The minimum absolute atomic E-state index is 0.180. The third kappa shape index (κ3) is 3.36. The summed E-state index contributed by atoms with van der Waals surface area (Å²) in [4.78, 5) is 27.2. The van der Waals surface area contributed by atoms with Gasteiger partial charge in [0.2, 0.25) is 0 Å². The van der Waals surface area contributed by atoms with Crippen molar-refractivity contribution in [3.05, 3.63) is 68.1 Å². The second-order valence-electron chi connectivity index (χ2n) is 5.90. The van der Waals surface area contributed by atoms with E-state index in [1.165, 1.54) is 4.90 Å². The Kier molecular flexibility index (Phi) is 5.34. The van der Waals surface area contributed by atoms with Crippen LogP contribution in [0.1, 0.15) is 18.1 Å². The molecule has 3 aromatic rings. The molecule has 2 aromatic carbocycles. The predicted molar refractivity (Wildman–Crippen MR) is 105 cm³/mol. The van der Waals surface area contributed by atoms with Crippen LogP contribution in [-0.2, 0) is 0 Å². The predicted octanol–water partition coefficient (Wildman–Crippen LogP) is 3.85. The molecule has 0 aliphatic heterocycles. The molecule has 0 radical (unpaired) electrons. The summed E-state index contributed by atoms with van der Waals surface area (Å²) in [6.07, 6.45) is 0. The van der Waals surface area contributed by atoms with Crippen LogP contribution < -0.4 is 10.6 Å². The second-order valence-corrected chi connectivity index (χ2v) is 6.72. The van der Waals surface area contributed by atoms with Crippen LogP contribution in [0, 0.1) is 13.8 Å². The topological polar surface area (TPSA) is 73.0 Å². The lowest BCUT2D eigenvalue weighted by molar-refractivity contribution is 0.244. The maximum atomic E-state index is 13.0. The normalized spacial score (nSPS) is 10.9. The van der Waals surface area contributed by atoms with Gasteiger partial charge in [0.05, 0.1) is 10.0 Å². The number of anilines is 1. The summed E-state index contributed by atoms with van der Waals surface area (Å²) in [5.74, 6) is 0. The van der Waals surface area contributed by atoms with Gasteiger partial charge in [-0.25, -0.2) is 9.59 Å². The van der Waals surface area contributed by atoms with E-state index in [0.717, 1.165) is 15.8 Å². The quantitative estimate of drug-likeness (QED) is 0.620. The fourth-order valence-electron chi connectivity index (χ4n) is 2.75. The minimum Gasteiger partial charge on any atom is -0.292 e. The zero-order chi connectivity index (χ0) is 19.7. The van der Waals surface area contributed by atoms with Crippen molar-refractivity contribution in [3.8, 4) is 5.69 Å². The molecule has 0 aliphatic rings. The van der Waals surface area contributed by atoms with E-state index in [-0.39, 0.29) is 15.7 Å². The molecule has 0 spiro atoms. The first-order chi connectivity index (χ1) is 12.9. The Morgan fingerprint density at radius 1 is 1.07 bits per heavy atom. The van der Waals surface area contributed by atoms with Crippen LogP contribution in [-0.4, -0.2) is 32.4 Å². The summed E-state index contributed by atoms with van der Waals surface area (Å²) in [6, 6.07) is 9.83. The second kappa shape index (κ2) is 7.54. The first-order valence-electron chi connectivity index (χ1n) is 8.24. The Labute approximate surface area is 165 Å². The number of aryl methyl sites for hydroxylation is 1. The highest BCUT2D eigenvalue weighted by molar-refractivity contribution is 6.37. The summed E-state index contributed by atoms with van der Waals surface area (Å²) in [6.45, 7) is 6.05. The molecule has 0 bridgehead atoms. The molecule has 9 heteroatoms. The number of aromatic nitrogens is 4. The zero-order valence-electron chi connectivity index (χ0n) is 15.0. The number of halogens is 2. The van der Waals surface area contributed by atoms with Crippen LogP contribution in [0.2, 0.25) is 10.0 Å². The molecule has 3 rings (SSSR count). The number of hydrogen-bond acceptors (Lipinski definition) is 4. The molecule has 1 aromatic heterocycles. The Morgan fingerprint density at radius 3 is 2.33 bits per heavy atom. The molecule has 7 nitrogen and oxygen atoms in total. The third-order valence-corrected chi connectivity index (χ3v) is 4.94. The average molecular weight is 406 g/mol. The van der Waals surface area contributed by atoms with Crippen molar-refractivity contribution in [2.75, 3.05) is 11.4 Å². The van der Waals surface area contributed by atoms with Crippen LogP contribution in [0.4, 0.5) is 10.5 Å². The molecule has 0 atom stereocenters. The Morgan fingerprint density at radius 2 is 1.70 bits per heavy atom. The lowest BCUT2D eigenvalue weighted by Crippen LogP contribution is -2.41. The van der Waals surface area contributed by atoms with Crippen molar-refractivity contribution in [2.24, 2.45) is 0 Å². The number of para-hydroxylation sites is 1. The molecule has 0 unspecified atom stereocenters. The van der Waals surface area contributed by atoms with E-state index in [9.17, 15) is 9.59 Å². The van der Waals surface area contributed by atoms with E-state index in [2.05, 4.69) is 10.4 Å². The summed E-state index contributed by atoms with van der Waals surface area (Å²) >= 11 is 12.3. The first-order valence-corrected chi connectivity index (χ1v) is 9.00. The molecule has 1 amide bonds. The average Bonchev–Trinajstić information content (AvgIpc) is 3.00. The van der Waals surface area contributed by atoms with Crippen molar-refractivity contribution >= 4 is 34.9 Å². The molecule has 27 heavy (non-hydrogen) atoms. The van der Waals surface area contributed by atoms with Crippen LogP contribution in [0.15, 0.2) is 41.2 Å². The van der Waals surface area contributed by atoms with Crippen molar-refractivity contribution in [1.29, 1.82) is 0 Å². The molecular weight excluding hydrogens is 389 g/mol. The molecule has 0 saturated heterocycles. The van der Waals surface area contributed by atoms with Crippen molar-refractivity contribution < 1.29 is 4.79 Å². The third-order valence-electron chi connectivity index (χ3n) is 4.33. The van der Waals surface area contributed by atoms with Gasteiger partial charge in [0.1, 0.15) is 5.69 Å². The highest BCUT2D eigenvalue weighted by atomic mass is 35.5. The van der Waals surface area contributed by atoms with Gasteiger partial charge in [0.25, 0.3) is 0 Å². The number of tetrazole rings is 1. The largest absolute Gasteiger partial charge is 0.377 e. The van der Waals surface area contributed by atoms with E-state index in [0.29, 0.717) is 16.9 Å². The minimum atomic E-state index is -0.751. The van der Waals surface area contributed by atoms with Crippen LogP contribution in [0.3, 0.4) is 0 Å².